The van der Waals surface area contributed by atoms with Gasteiger partial charge in [0.2, 0.25) is 12.4 Å². The molecule has 0 radical (unpaired) electrons. The monoisotopic (exact) mass is 422 g/mol. The van der Waals surface area contributed by atoms with E-state index in [1.54, 1.807) is 18.2 Å². The summed E-state index contributed by atoms with van der Waals surface area (Å²) in [5, 5.41) is 2.38. The number of fused-ring (bicyclic) bond motifs is 1. The van der Waals surface area contributed by atoms with E-state index in [4.69, 9.17) is 0 Å². The summed E-state index contributed by atoms with van der Waals surface area (Å²) in [5.41, 5.74) is 1.18. The average Bonchev–Trinajstić information content (AvgIpc) is 3.06. The van der Waals surface area contributed by atoms with Crippen LogP contribution in [0.5, 0.6) is 0 Å². The highest BCUT2D eigenvalue weighted by molar-refractivity contribution is 7.87. The number of Topliss-reactive ketones (excluding diaryl/α,β-unsaturated/α-hetero) is 1. The minimum Gasteiger partial charge on any atom is -0.298 e. The number of rotatable bonds is 13. The molecule has 0 aliphatic heterocycles. The summed E-state index contributed by atoms with van der Waals surface area (Å²) in [4.78, 5) is 27.7. The molecule has 1 heterocycles. The Bertz CT molecular complexity index is 947. The molecule has 0 bridgehead atoms. The third kappa shape index (κ3) is 5.22. The summed E-state index contributed by atoms with van der Waals surface area (Å²) < 4.78 is 29.0. The quantitative estimate of drug-likeness (QED) is 0.302. The van der Waals surface area contributed by atoms with E-state index in [1.807, 2.05) is 13.8 Å². The molecule has 160 valence electrons. The molecule has 0 spiro atoms. The van der Waals surface area contributed by atoms with Gasteiger partial charge in [-0.15, -0.1) is 0 Å². The zero-order valence-electron chi connectivity index (χ0n) is 17.3. The van der Waals surface area contributed by atoms with Gasteiger partial charge in [-0.2, -0.15) is 16.7 Å². The lowest BCUT2D eigenvalue weighted by Gasteiger charge is -2.22. The van der Waals surface area contributed by atoms with Crippen LogP contribution in [-0.4, -0.2) is 47.0 Å². The van der Waals surface area contributed by atoms with Crippen molar-refractivity contribution in [2.75, 3.05) is 18.4 Å². The molecule has 2 aromatic rings. The SMILES string of the molecule is CCCCCC(=O)c1ccc2c(c1)nc(NC=O)n2S(=O)(=O)N(CCC)CCC. The summed E-state index contributed by atoms with van der Waals surface area (Å²) in [5.74, 6) is -0.0796. The van der Waals surface area contributed by atoms with Crippen LogP contribution in [0.1, 0.15) is 69.7 Å². The summed E-state index contributed by atoms with van der Waals surface area (Å²) in [7, 11) is -3.93. The molecule has 0 aliphatic rings. The maximum Gasteiger partial charge on any atom is 0.310 e. The summed E-state index contributed by atoms with van der Waals surface area (Å²) in [6.07, 6.45) is 5.00. The van der Waals surface area contributed by atoms with Crippen molar-refractivity contribution in [3.05, 3.63) is 23.8 Å². The molecule has 0 unspecified atom stereocenters. The molecule has 8 nitrogen and oxygen atoms in total. The van der Waals surface area contributed by atoms with E-state index in [0.717, 1.165) is 23.2 Å². The number of nitrogens with one attached hydrogen (secondary N) is 1. The van der Waals surface area contributed by atoms with Crippen LogP contribution in [0.2, 0.25) is 0 Å². The van der Waals surface area contributed by atoms with Crippen LogP contribution in [0.25, 0.3) is 11.0 Å². The molecule has 1 N–H and O–H groups in total. The molecule has 1 aromatic carbocycles. The lowest BCUT2D eigenvalue weighted by Crippen LogP contribution is -2.37. The summed E-state index contributed by atoms with van der Waals surface area (Å²) >= 11 is 0. The number of aromatic nitrogens is 2. The van der Waals surface area contributed by atoms with Crippen molar-refractivity contribution in [2.45, 2.75) is 59.3 Å². The van der Waals surface area contributed by atoms with Crippen LogP contribution >= 0.6 is 0 Å². The van der Waals surface area contributed by atoms with Crippen molar-refractivity contribution in [3.8, 4) is 0 Å². The predicted octanol–water partition coefficient (Wildman–Crippen LogP) is 3.58. The normalized spacial score (nSPS) is 11.9. The zero-order valence-corrected chi connectivity index (χ0v) is 18.2. The Hall–Kier alpha value is -2.26. The van der Waals surface area contributed by atoms with Crippen LogP contribution < -0.4 is 5.32 Å². The smallest absolute Gasteiger partial charge is 0.298 e. The van der Waals surface area contributed by atoms with E-state index in [-0.39, 0.29) is 11.7 Å². The minimum absolute atomic E-state index is 0.00115. The van der Waals surface area contributed by atoms with Crippen LogP contribution in [0.15, 0.2) is 18.2 Å². The second-order valence-corrected chi connectivity index (χ2v) is 8.73. The first-order chi connectivity index (χ1) is 13.9. The van der Waals surface area contributed by atoms with Crippen molar-refractivity contribution in [2.24, 2.45) is 0 Å². The van der Waals surface area contributed by atoms with Crippen LogP contribution in [0, 0.1) is 0 Å². The van der Waals surface area contributed by atoms with Gasteiger partial charge in [-0.25, -0.2) is 4.98 Å². The molecule has 9 heteroatoms. The molecule has 1 aromatic heterocycles. The van der Waals surface area contributed by atoms with Gasteiger partial charge in [-0.3, -0.25) is 14.9 Å². The maximum atomic E-state index is 13.3. The topological polar surface area (TPSA) is 101 Å². The third-order valence-corrected chi connectivity index (χ3v) is 6.48. The van der Waals surface area contributed by atoms with Gasteiger partial charge >= 0.3 is 10.2 Å². The highest BCUT2D eigenvalue weighted by Crippen LogP contribution is 2.25. The first-order valence-corrected chi connectivity index (χ1v) is 11.6. The van der Waals surface area contributed by atoms with E-state index in [9.17, 15) is 18.0 Å². The number of benzene rings is 1. The molecule has 1 amide bonds. The lowest BCUT2D eigenvalue weighted by molar-refractivity contribution is -0.105. The fourth-order valence-corrected chi connectivity index (χ4v) is 5.02. The highest BCUT2D eigenvalue weighted by Gasteiger charge is 2.28. The molecule has 0 saturated heterocycles. The van der Waals surface area contributed by atoms with Gasteiger partial charge in [0, 0.05) is 25.1 Å². The number of carbonyl (C=O) groups is 2. The molecule has 2 rings (SSSR count). The lowest BCUT2D eigenvalue weighted by atomic mass is 10.0. The van der Waals surface area contributed by atoms with E-state index in [1.165, 1.54) is 4.31 Å². The second-order valence-electron chi connectivity index (χ2n) is 6.95. The second kappa shape index (κ2) is 10.5. The van der Waals surface area contributed by atoms with Crippen molar-refractivity contribution in [1.82, 2.24) is 13.3 Å². The number of carbonyl (C=O) groups excluding carboxylic acids is 2. The number of imidazole rings is 1. The number of unbranched alkanes of at least 4 members (excludes halogenated alkanes) is 2. The van der Waals surface area contributed by atoms with E-state index < -0.39 is 10.2 Å². The fraction of sp³-hybridized carbons (Fsp3) is 0.550. The van der Waals surface area contributed by atoms with Crippen LogP contribution in [0.4, 0.5) is 5.95 Å². The van der Waals surface area contributed by atoms with Crippen molar-refractivity contribution in [1.29, 1.82) is 0 Å². The van der Waals surface area contributed by atoms with Crippen molar-refractivity contribution >= 4 is 39.4 Å². The Morgan fingerprint density at radius 1 is 1.14 bits per heavy atom. The molecular weight excluding hydrogens is 392 g/mol. The third-order valence-electron chi connectivity index (χ3n) is 4.63. The zero-order chi connectivity index (χ0) is 21.4. The Kier molecular flexibility index (Phi) is 8.33. The van der Waals surface area contributed by atoms with Crippen LogP contribution in [0.3, 0.4) is 0 Å². The summed E-state index contributed by atoms with van der Waals surface area (Å²) in [6.45, 7) is 6.62. The van der Waals surface area contributed by atoms with Gasteiger partial charge in [-0.1, -0.05) is 33.6 Å². The standard InChI is InChI=1S/C20H30N4O4S/c1-4-7-8-9-19(26)16-10-11-18-17(14-16)22-20(21-15-25)24(18)29(27,28)23(12-5-2)13-6-3/h10-11,14-15H,4-9,12-13H2,1-3H3,(H,21,22,25). The Labute approximate surface area is 172 Å². The maximum absolute atomic E-state index is 13.3. The van der Waals surface area contributed by atoms with Crippen molar-refractivity contribution < 1.29 is 18.0 Å². The van der Waals surface area contributed by atoms with Gasteiger partial charge in [0.15, 0.2) is 5.78 Å². The van der Waals surface area contributed by atoms with E-state index in [0.29, 0.717) is 55.4 Å². The van der Waals surface area contributed by atoms with Gasteiger partial charge in [0.1, 0.15) is 0 Å². The predicted molar refractivity (Wildman–Crippen MR) is 114 cm³/mol. The van der Waals surface area contributed by atoms with Gasteiger partial charge in [-0.05, 0) is 37.5 Å². The number of hydrogen-bond donors (Lipinski definition) is 1. The van der Waals surface area contributed by atoms with Gasteiger partial charge in [0.25, 0.3) is 0 Å². The number of anilines is 1. The molecule has 0 saturated carbocycles. The van der Waals surface area contributed by atoms with Crippen LogP contribution in [-0.2, 0) is 15.0 Å². The first-order valence-electron chi connectivity index (χ1n) is 10.2. The molecule has 0 aliphatic carbocycles. The molecule has 29 heavy (non-hydrogen) atoms. The number of hydrogen-bond acceptors (Lipinski definition) is 5. The van der Waals surface area contributed by atoms with Gasteiger partial charge < -0.3 is 0 Å². The first kappa shape index (κ1) is 23.0. The number of nitrogens with zero attached hydrogens (tertiary/aromatic N) is 3. The highest BCUT2D eigenvalue weighted by atomic mass is 32.2. The largest absolute Gasteiger partial charge is 0.310 e. The van der Waals surface area contributed by atoms with E-state index in [2.05, 4.69) is 17.2 Å². The average molecular weight is 423 g/mol. The van der Waals surface area contributed by atoms with Gasteiger partial charge in [0.05, 0.1) is 11.0 Å². The number of ketones is 1. The van der Waals surface area contributed by atoms with E-state index >= 15 is 0 Å². The number of amides is 1. The van der Waals surface area contributed by atoms with Crippen molar-refractivity contribution in [3.63, 3.8) is 0 Å². The Balaban J connectivity index is 2.52. The fourth-order valence-electron chi connectivity index (χ4n) is 3.25. The molecular formula is C20H30N4O4S. The minimum atomic E-state index is -3.93. The summed E-state index contributed by atoms with van der Waals surface area (Å²) in [6, 6.07) is 4.80. The molecule has 0 atom stereocenters. The molecule has 0 fully saturated rings. The Morgan fingerprint density at radius 2 is 1.83 bits per heavy atom. The Morgan fingerprint density at radius 3 is 2.41 bits per heavy atom.